The quantitative estimate of drug-likeness (QED) is 0.171. The zero-order chi connectivity index (χ0) is 32.8. The molecular formula is C30H42O15. The highest BCUT2D eigenvalue weighted by Gasteiger charge is 2.48. The van der Waals surface area contributed by atoms with Gasteiger partial charge in [0.1, 0.15) is 71.7 Å². The Balaban J connectivity index is 1.51. The minimum atomic E-state index is -1.79. The molecule has 3 aliphatic heterocycles. The zero-order valence-corrected chi connectivity index (χ0v) is 24.8. The summed E-state index contributed by atoms with van der Waals surface area (Å²) in [5.74, 6) is -1.22. The number of aromatic hydroxyl groups is 1. The fraction of sp³-hybridized carbons (Fsp3) is 0.667. The van der Waals surface area contributed by atoms with E-state index in [1.807, 2.05) is 0 Å². The normalized spacial score (nSPS) is 37.6. The number of phenols is 1. The summed E-state index contributed by atoms with van der Waals surface area (Å²) in [6, 6.07) is 2.49. The van der Waals surface area contributed by atoms with Crippen molar-refractivity contribution in [1.29, 1.82) is 0 Å². The Bertz CT molecular complexity index is 1190. The number of carbonyl (C=O) groups is 2. The highest BCUT2D eigenvalue weighted by molar-refractivity contribution is 5.97. The molecule has 0 radical (unpaired) electrons. The number of fused-ring (bicyclic) bond motifs is 1. The fourth-order valence-corrected chi connectivity index (χ4v) is 5.36. The van der Waals surface area contributed by atoms with Gasteiger partial charge in [0.2, 0.25) is 6.29 Å². The lowest BCUT2D eigenvalue weighted by atomic mass is 9.98. The second kappa shape index (κ2) is 15.7. The number of allylic oxidation sites excluding steroid dienone is 1. The number of aliphatic hydroxyl groups excluding tert-OH is 7. The molecule has 0 amide bonds. The van der Waals surface area contributed by atoms with Crippen molar-refractivity contribution in [2.75, 3.05) is 13.2 Å². The number of cyclic esters (lactones) is 1. The van der Waals surface area contributed by atoms with Gasteiger partial charge in [-0.3, -0.25) is 4.79 Å². The van der Waals surface area contributed by atoms with Crippen LogP contribution in [0.1, 0.15) is 61.4 Å². The number of benzene rings is 1. The van der Waals surface area contributed by atoms with E-state index >= 15 is 0 Å². The van der Waals surface area contributed by atoms with E-state index < -0.39 is 92.4 Å². The maximum atomic E-state index is 13.0. The van der Waals surface area contributed by atoms with E-state index in [9.17, 15) is 50.4 Å². The van der Waals surface area contributed by atoms with Gasteiger partial charge >= 0.3 is 5.97 Å². The number of hydrogen-bond donors (Lipinski definition) is 8. The molecule has 0 bridgehead atoms. The molecule has 2 saturated heterocycles. The second-order valence-electron chi connectivity index (χ2n) is 11.5. The molecule has 0 saturated carbocycles. The monoisotopic (exact) mass is 642 g/mol. The van der Waals surface area contributed by atoms with Crippen LogP contribution in [0.4, 0.5) is 0 Å². The van der Waals surface area contributed by atoms with Crippen LogP contribution < -0.4 is 4.74 Å². The summed E-state index contributed by atoms with van der Waals surface area (Å²) < 4.78 is 27.6. The van der Waals surface area contributed by atoms with Crippen LogP contribution in [-0.4, -0.2) is 133 Å². The van der Waals surface area contributed by atoms with E-state index in [0.717, 1.165) is 6.07 Å². The molecule has 0 aliphatic carbocycles. The topological polar surface area (TPSA) is 242 Å². The van der Waals surface area contributed by atoms with Crippen molar-refractivity contribution >= 4 is 17.8 Å². The van der Waals surface area contributed by atoms with E-state index in [4.69, 9.17) is 23.7 Å². The molecule has 1 aromatic rings. The third kappa shape index (κ3) is 8.56. The largest absolute Gasteiger partial charge is 0.507 e. The zero-order valence-electron chi connectivity index (χ0n) is 24.8. The fourth-order valence-electron chi connectivity index (χ4n) is 5.36. The summed E-state index contributed by atoms with van der Waals surface area (Å²) in [4.78, 5) is 25.1. The number of aliphatic hydroxyl groups is 7. The average Bonchev–Trinajstić information content (AvgIpc) is 2.99. The van der Waals surface area contributed by atoms with Crippen molar-refractivity contribution in [3.8, 4) is 11.5 Å². The first kappa shape index (κ1) is 35.2. The molecule has 45 heavy (non-hydrogen) atoms. The lowest BCUT2D eigenvalue weighted by molar-refractivity contribution is -0.323. The summed E-state index contributed by atoms with van der Waals surface area (Å²) in [7, 11) is 0. The average molecular weight is 643 g/mol. The van der Waals surface area contributed by atoms with Crippen LogP contribution in [0.2, 0.25) is 0 Å². The minimum Gasteiger partial charge on any atom is -0.507 e. The van der Waals surface area contributed by atoms with Gasteiger partial charge in [-0.25, -0.2) is 4.79 Å². The molecule has 4 rings (SSSR count). The summed E-state index contributed by atoms with van der Waals surface area (Å²) >= 11 is 0. The lowest BCUT2D eigenvalue weighted by Gasteiger charge is -2.42. The summed E-state index contributed by atoms with van der Waals surface area (Å²) in [6.45, 7) is 0.448. The first-order chi connectivity index (χ1) is 21.4. The van der Waals surface area contributed by atoms with Crippen molar-refractivity contribution < 1.29 is 74.1 Å². The van der Waals surface area contributed by atoms with E-state index in [-0.39, 0.29) is 22.7 Å². The van der Waals surface area contributed by atoms with Crippen molar-refractivity contribution in [3.05, 3.63) is 29.3 Å². The number of Topliss-reactive ketones (excluding diaryl/α,β-unsaturated/α-hetero) is 1. The Kier molecular flexibility index (Phi) is 12.3. The molecule has 2 fully saturated rings. The number of rotatable bonds is 6. The summed E-state index contributed by atoms with van der Waals surface area (Å²) in [6.07, 6.45) is -10.4. The Morgan fingerprint density at radius 2 is 1.49 bits per heavy atom. The SMILES string of the molecule is C[C@H]1CCCC(=O)CCC/C=C/c2cc(O[C@@H]3O[C@H](CO[C@@H]4O[C@H](CO)[C@@H](O)[C@H](O)[C@H]4O)[C@@H](O)[C@H](O)[C@H]3O)cc(O)c2C(=O)O1. The minimum absolute atomic E-state index is 0.0747. The predicted octanol–water partition coefficient (Wildman–Crippen LogP) is -1.12. The molecule has 8 N–H and O–H groups in total. The molecule has 3 aliphatic rings. The van der Waals surface area contributed by atoms with Crippen LogP contribution in [0, 0.1) is 0 Å². The van der Waals surface area contributed by atoms with Gasteiger partial charge in [-0.05, 0) is 44.2 Å². The number of phenolic OH excluding ortho intramolecular Hbond substituents is 1. The number of ketones is 1. The van der Waals surface area contributed by atoms with E-state index in [1.54, 1.807) is 19.1 Å². The molecular weight excluding hydrogens is 600 g/mol. The molecule has 15 nitrogen and oxygen atoms in total. The van der Waals surface area contributed by atoms with Gasteiger partial charge in [0.05, 0.1) is 19.3 Å². The van der Waals surface area contributed by atoms with Crippen LogP contribution >= 0.6 is 0 Å². The summed E-state index contributed by atoms with van der Waals surface area (Å²) in [5, 5.41) is 82.0. The van der Waals surface area contributed by atoms with Crippen LogP contribution in [0.25, 0.3) is 6.08 Å². The Labute approximate surface area is 259 Å². The Morgan fingerprint density at radius 1 is 0.844 bits per heavy atom. The molecule has 11 atom stereocenters. The van der Waals surface area contributed by atoms with Crippen LogP contribution in [-0.2, 0) is 23.7 Å². The Hall–Kier alpha value is -2.70. The van der Waals surface area contributed by atoms with Crippen LogP contribution in [0.15, 0.2) is 18.2 Å². The summed E-state index contributed by atoms with van der Waals surface area (Å²) in [5.41, 5.74) is 0.101. The molecule has 0 unspecified atom stereocenters. The van der Waals surface area contributed by atoms with Crippen LogP contribution in [0.3, 0.4) is 0 Å². The van der Waals surface area contributed by atoms with E-state index in [0.29, 0.717) is 38.5 Å². The molecule has 15 heteroatoms. The van der Waals surface area contributed by atoms with Gasteiger partial charge in [-0.1, -0.05) is 12.2 Å². The van der Waals surface area contributed by atoms with Crippen molar-refractivity contribution in [2.24, 2.45) is 0 Å². The van der Waals surface area contributed by atoms with Crippen molar-refractivity contribution in [1.82, 2.24) is 0 Å². The maximum absolute atomic E-state index is 13.0. The van der Waals surface area contributed by atoms with Gasteiger partial charge in [-0.2, -0.15) is 0 Å². The Morgan fingerprint density at radius 3 is 2.20 bits per heavy atom. The molecule has 0 aromatic heterocycles. The highest BCUT2D eigenvalue weighted by atomic mass is 16.7. The molecule has 0 spiro atoms. The third-order valence-corrected chi connectivity index (χ3v) is 8.02. The molecule has 3 heterocycles. The first-order valence-corrected chi connectivity index (χ1v) is 15.0. The third-order valence-electron chi connectivity index (χ3n) is 8.02. The molecule has 1 aromatic carbocycles. The van der Waals surface area contributed by atoms with Crippen LogP contribution in [0.5, 0.6) is 11.5 Å². The second-order valence-corrected chi connectivity index (χ2v) is 11.5. The van der Waals surface area contributed by atoms with Gasteiger partial charge in [0.25, 0.3) is 0 Å². The number of carbonyl (C=O) groups excluding carboxylic acids is 2. The lowest BCUT2D eigenvalue weighted by Crippen LogP contribution is -2.62. The highest BCUT2D eigenvalue weighted by Crippen LogP contribution is 2.33. The van der Waals surface area contributed by atoms with Crippen molar-refractivity contribution in [2.45, 2.75) is 113 Å². The van der Waals surface area contributed by atoms with Gasteiger partial charge in [0.15, 0.2) is 6.29 Å². The van der Waals surface area contributed by atoms with Gasteiger partial charge < -0.3 is 64.5 Å². The number of hydrogen-bond acceptors (Lipinski definition) is 15. The van der Waals surface area contributed by atoms with E-state index in [1.165, 1.54) is 6.07 Å². The van der Waals surface area contributed by atoms with E-state index in [2.05, 4.69) is 0 Å². The number of esters is 1. The van der Waals surface area contributed by atoms with Gasteiger partial charge in [-0.15, -0.1) is 0 Å². The standard InChI is InChI=1S/C30H42O15/c1-14-6-5-9-16(32)8-4-2-3-7-15-10-17(11-18(33)21(15)28(40)42-14)43-30-27(39)25(37)23(35)20(45-30)13-41-29-26(38)24(36)22(34)19(12-31)44-29/h3,7,10-11,14,19-20,22-27,29-31,33-39H,2,4-6,8-9,12-13H2,1H3/b7-3+/t14-,19+,20+,22+,23+,24-,25-,26+,27+,29+,30+/m0/s1. The predicted molar refractivity (Wildman–Crippen MR) is 152 cm³/mol. The smallest absolute Gasteiger partial charge is 0.342 e. The molecule has 252 valence electrons. The number of ether oxygens (including phenoxy) is 5. The van der Waals surface area contributed by atoms with Crippen molar-refractivity contribution in [3.63, 3.8) is 0 Å². The maximum Gasteiger partial charge on any atom is 0.342 e. The first-order valence-electron chi connectivity index (χ1n) is 15.0. The van der Waals surface area contributed by atoms with Gasteiger partial charge in [0, 0.05) is 18.9 Å².